The molecule has 1 aromatic heterocycles. The molecule has 1 heterocycles. The molecule has 0 amide bonds. The molecule has 1 N–H and O–H groups in total. The van der Waals surface area contributed by atoms with E-state index in [1.807, 2.05) is 0 Å². The average Bonchev–Trinajstić information content (AvgIpc) is 2.34. The van der Waals surface area contributed by atoms with Crippen molar-refractivity contribution in [3.8, 4) is 0 Å². The fourth-order valence-electron chi connectivity index (χ4n) is 2.00. The molecule has 2 nitrogen and oxygen atoms in total. The largest absolute Gasteiger partial charge is 0.416 e. The summed E-state index contributed by atoms with van der Waals surface area (Å²) in [6.45, 7) is 2.07. The van der Waals surface area contributed by atoms with Crippen molar-refractivity contribution >= 4 is 0 Å². The smallest absolute Gasteiger partial charge is 0.313 e. The van der Waals surface area contributed by atoms with Gasteiger partial charge in [-0.1, -0.05) is 26.2 Å². The van der Waals surface area contributed by atoms with E-state index in [-0.39, 0.29) is 11.6 Å². The van der Waals surface area contributed by atoms with Gasteiger partial charge in [0.15, 0.2) is 0 Å². The van der Waals surface area contributed by atoms with E-state index in [1.54, 1.807) is 7.05 Å². The van der Waals surface area contributed by atoms with Crippen LogP contribution in [0.1, 0.15) is 49.8 Å². The number of pyridine rings is 1. The van der Waals surface area contributed by atoms with E-state index in [1.165, 1.54) is 12.4 Å². The fourth-order valence-corrected chi connectivity index (χ4v) is 2.00. The molecular formula is C13H19F3N2. The van der Waals surface area contributed by atoms with Gasteiger partial charge in [0.25, 0.3) is 0 Å². The molecule has 0 aliphatic carbocycles. The number of nitrogens with one attached hydrogen (secondary N) is 1. The summed E-state index contributed by atoms with van der Waals surface area (Å²) < 4.78 is 38.6. The maximum atomic E-state index is 12.9. The summed E-state index contributed by atoms with van der Waals surface area (Å²) in [4.78, 5) is 3.82. The third kappa shape index (κ3) is 3.98. The lowest BCUT2D eigenvalue weighted by molar-refractivity contribution is -0.138. The van der Waals surface area contributed by atoms with Gasteiger partial charge in [-0.3, -0.25) is 4.98 Å². The molecule has 1 unspecified atom stereocenters. The predicted octanol–water partition coefficient (Wildman–Crippen LogP) is 3.94. The highest BCUT2D eigenvalue weighted by atomic mass is 19.4. The van der Waals surface area contributed by atoms with Gasteiger partial charge < -0.3 is 5.32 Å². The van der Waals surface area contributed by atoms with Crippen LogP contribution in [0.4, 0.5) is 13.2 Å². The molecule has 1 aromatic rings. The molecule has 5 heteroatoms. The second-order valence-electron chi connectivity index (χ2n) is 4.30. The van der Waals surface area contributed by atoms with Crippen LogP contribution in [0.3, 0.4) is 0 Å². The van der Waals surface area contributed by atoms with Crippen LogP contribution in [-0.2, 0) is 6.18 Å². The Labute approximate surface area is 106 Å². The molecule has 0 saturated carbocycles. The summed E-state index contributed by atoms with van der Waals surface area (Å²) in [7, 11) is 1.68. The number of nitrogens with zero attached hydrogens (tertiary/aromatic N) is 1. The highest BCUT2D eigenvalue weighted by Crippen LogP contribution is 2.35. The minimum Gasteiger partial charge on any atom is -0.313 e. The first-order valence-electron chi connectivity index (χ1n) is 6.19. The molecular weight excluding hydrogens is 241 g/mol. The standard InChI is InChI=1S/C13H19F3N2/c1-3-4-5-6-12(17-2)10-9-18-8-7-11(10)13(14,15)16/h7-9,12,17H,3-6H2,1-2H3. The second kappa shape index (κ2) is 6.73. The Morgan fingerprint density at radius 3 is 2.61 bits per heavy atom. The van der Waals surface area contributed by atoms with Gasteiger partial charge in [0.05, 0.1) is 5.56 Å². The first-order valence-corrected chi connectivity index (χ1v) is 6.19. The van der Waals surface area contributed by atoms with Crippen molar-refractivity contribution in [1.82, 2.24) is 10.3 Å². The van der Waals surface area contributed by atoms with Gasteiger partial charge >= 0.3 is 6.18 Å². The minimum absolute atomic E-state index is 0.239. The van der Waals surface area contributed by atoms with Crippen LogP contribution in [0, 0.1) is 0 Å². The Morgan fingerprint density at radius 1 is 1.33 bits per heavy atom. The third-order valence-electron chi connectivity index (χ3n) is 2.98. The summed E-state index contributed by atoms with van der Waals surface area (Å²) >= 11 is 0. The molecule has 0 aliphatic rings. The lowest BCUT2D eigenvalue weighted by Crippen LogP contribution is -2.21. The molecule has 0 fully saturated rings. The lowest BCUT2D eigenvalue weighted by Gasteiger charge is -2.20. The van der Waals surface area contributed by atoms with Crippen LogP contribution < -0.4 is 5.32 Å². The number of alkyl halides is 3. The van der Waals surface area contributed by atoms with Crippen LogP contribution in [-0.4, -0.2) is 12.0 Å². The lowest BCUT2D eigenvalue weighted by atomic mass is 9.97. The van der Waals surface area contributed by atoms with E-state index in [4.69, 9.17) is 0 Å². The molecule has 102 valence electrons. The van der Waals surface area contributed by atoms with Gasteiger partial charge in [-0.25, -0.2) is 0 Å². The van der Waals surface area contributed by atoms with Gasteiger partial charge in [0.2, 0.25) is 0 Å². The second-order valence-corrected chi connectivity index (χ2v) is 4.30. The van der Waals surface area contributed by atoms with E-state index in [0.717, 1.165) is 25.3 Å². The van der Waals surface area contributed by atoms with E-state index < -0.39 is 11.7 Å². The van der Waals surface area contributed by atoms with Crippen molar-refractivity contribution in [2.24, 2.45) is 0 Å². The monoisotopic (exact) mass is 260 g/mol. The van der Waals surface area contributed by atoms with E-state index in [2.05, 4.69) is 17.2 Å². The molecule has 1 rings (SSSR count). The highest BCUT2D eigenvalue weighted by molar-refractivity contribution is 5.29. The van der Waals surface area contributed by atoms with Crippen LogP contribution in [0.25, 0.3) is 0 Å². The van der Waals surface area contributed by atoms with Crippen LogP contribution in [0.2, 0.25) is 0 Å². The molecule has 0 saturated heterocycles. The number of hydrogen-bond donors (Lipinski definition) is 1. The number of halogens is 3. The molecule has 0 spiro atoms. The SMILES string of the molecule is CCCCCC(NC)c1cnccc1C(F)(F)F. The van der Waals surface area contributed by atoms with Gasteiger partial charge in [0.1, 0.15) is 0 Å². The quantitative estimate of drug-likeness (QED) is 0.784. The normalized spacial score (nSPS) is 13.6. The zero-order valence-corrected chi connectivity index (χ0v) is 10.7. The topological polar surface area (TPSA) is 24.9 Å². The summed E-state index contributed by atoms with van der Waals surface area (Å²) in [5.74, 6) is 0. The Balaban J connectivity index is 2.91. The van der Waals surface area contributed by atoms with Crippen LogP contribution >= 0.6 is 0 Å². The Kier molecular flexibility index (Phi) is 5.59. The summed E-state index contributed by atoms with van der Waals surface area (Å²) in [5.41, 5.74) is -0.350. The van der Waals surface area contributed by atoms with Crippen LogP contribution in [0.5, 0.6) is 0 Å². The third-order valence-corrected chi connectivity index (χ3v) is 2.98. The highest BCUT2D eigenvalue weighted by Gasteiger charge is 2.34. The van der Waals surface area contributed by atoms with E-state index in [0.29, 0.717) is 6.42 Å². The molecule has 0 aliphatic heterocycles. The molecule has 0 radical (unpaired) electrons. The minimum atomic E-state index is -4.32. The van der Waals surface area contributed by atoms with Crippen molar-refractivity contribution in [3.63, 3.8) is 0 Å². The molecule has 1 atom stereocenters. The fraction of sp³-hybridized carbons (Fsp3) is 0.615. The predicted molar refractivity (Wildman–Crippen MR) is 65.2 cm³/mol. The summed E-state index contributed by atoms with van der Waals surface area (Å²) in [6, 6.07) is 0.751. The van der Waals surface area contributed by atoms with Crippen molar-refractivity contribution in [2.75, 3.05) is 7.05 Å². The number of aromatic nitrogens is 1. The van der Waals surface area contributed by atoms with Crippen molar-refractivity contribution in [3.05, 3.63) is 29.6 Å². The molecule has 18 heavy (non-hydrogen) atoms. The van der Waals surface area contributed by atoms with Crippen molar-refractivity contribution < 1.29 is 13.2 Å². The Bertz CT molecular complexity index is 363. The van der Waals surface area contributed by atoms with E-state index >= 15 is 0 Å². The average molecular weight is 260 g/mol. The van der Waals surface area contributed by atoms with Gasteiger partial charge in [0, 0.05) is 18.4 Å². The Hall–Kier alpha value is -1.10. The molecule has 0 bridgehead atoms. The van der Waals surface area contributed by atoms with Gasteiger partial charge in [-0.2, -0.15) is 13.2 Å². The first kappa shape index (κ1) is 15.0. The number of rotatable bonds is 6. The summed E-state index contributed by atoms with van der Waals surface area (Å²) in [5, 5.41) is 2.95. The molecule has 0 aromatic carbocycles. The summed E-state index contributed by atoms with van der Waals surface area (Å²) in [6.07, 6.45) is 1.86. The number of hydrogen-bond acceptors (Lipinski definition) is 2. The Morgan fingerprint density at radius 2 is 2.06 bits per heavy atom. The van der Waals surface area contributed by atoms with E-state index in [9.17, 15) is 13.2 Å². The maximum Gasteiger partial charge on any atom is 0.416 e. The number of unbranched alkanes of at least 4 members (excludes halogenated alkanes) is 2. The van der Waals surface area contributed by atoms with Crippen LogP contribution in [0.15, 0.2) is 18.5 Å². The first-order chi connectivity index (χ1) is 8.50. The zero-order chi connectivity index (χ0) is 13.6. The van der Waals surface area contributed by atoms with Crippen molar-refractivity contribution in [1.29, 1.82) is 0 Å². The zero-order valence-electron chi connectivity index (χ0n) is 10.7. The maximum absolute atomic E-state index is 12.9. The van der Waals surface area contributed by atoms with Gasteiger partial charge in [-0.15, -0.1) is 0 Å². The van der Waals surface area contributed by atoms with Crippen molar-refractivity contribution in [2.45, 2.75) is 44.8 Å². The van der Waals surface area contributed by atoms with Gasteiger partial charge in [-0.05, 0) is 25.1 Å².